The maximum Gasteiger partial charge on any atom is 0.272 e. The molecule has 0 amide bonds. The quantitative estimate of drug-likeness (QED) is 0.0790. The minimum absolute atomic E-state index is 0.0306. The molecular formula is C44H51Cl2N7O14S2. The topological polar surface area (TPSA) is 267 Å². The first kappa shape index (κ1) is 50.3. The number of ether oxygens (including phenoxy) is 3. The highest BCUT2D eigenvalue weighted by Crippen LogP contribution is 2.42. The molecule has 0 spiro atoms. The summed E-state index contributed by atoms with van der Waals surface area (Å²) >= 11 is 12.5. The number of nitrogens with zero attached hydrogens (tertiary/aromatic N) is 4. The molecule has 0 saturated carbocycles. The lowest BCUT2D eigenvalue weighted by atomic mass is 10.1. The fourth-order valence-electron chi connectivity index (χ4n) is 8.79. The minimum atomic E-state index is -4.18. The number of morpholine rings is 2. The SMILES string of the molecule is CCOc1c(Nc2ccc(Cl)c(S(=O)(=O)N3CCN4CCOC[C@H]4C3)c2O)c(=O)c1=O.CC[C@@H](Nc1c(Nc2ccc(Cl)c(S(=O)(=O)N3CCN4CCOC[C@H]4C3)c2O)c(=O)c1=O)c1ccc(C)o1. The van der Waals surface area contributed by atoms with Gasteiger partial charge in [-0.25, -0.2) is 16.8 Å². The second kappa shape index (κ2) is 20.3. The van der Waals surface area contributed by atoms with Gasteiger partial charge in [0.25, 0.3) is 21.7 Å². The Bertz CT molecular complexity index is 3120. The van der Waals surface area contributed by atoms with Crippen molar-refractivity contribution >= 4 is 71.7 Å². The van der Waals surface area contributed by atoms with Crippen LogP contribution in [0.3, 0.4) is 0 Å². The number of phenols is 2. The number of halogens is 2. The molecule has 69 heavy (non-hydrogen) atoms. The van der Waals surface area contributed by atoms with Crippen LogP contribution in [0.5, 0.6) is 17.2 Å². The van der Waals surface area contributed by atoms with Crippen molar-refractivity contribution < 1.29 is 45.7 Å². The van der Waals surface area contributed by atoms with Crippen LogP contribution in [-0.4, -0.2) is 143 Å². The number of aryl methyl sites for hydroxylation is 1. The predicted octanol–water partition coefficient (Wildman–Crippen LogP) is 3.04. The van der Waals surface area contributed by atoms with E-state index in [0.29, 0.717) is 57.5 Å². The smallest absolute Gasteiger partial charge is 0.272 e. The molecular weight excluding hydrogens is 986 g/mol. The summed E-state index contributed by atoms with van der Waals surface area (Å²) in [6, 6.07) is 8.39. The van der Waals surface area contributed by atoms with Gasteiger partial charge in [0.1, 0.15) is 38.4 Å². The minimum Gasteiger partial charge on any atom is -0.504 e. The van der Waals surface area contributed by atoms with Crippen LogP contribution in [0.2, 0.25) is 10.0 Å². The lowest BCUT2D eigenvalue weighted by Crippen LogP contribution is -2.59. The lowest BCUT2D eigenvalue weighted by molar-refractivity contribution is -0.0305. The number of aromatic hydroxyl groups is 2. The third-order valence-electron chi connectivity index (χ3n) is 12.6. The monoisotopic (exact) mass is 1040 g/mol. The number of rotatable bonds is 14. The van der Waals surface area contributed by atoms with E-state index in [1.165, 1.54) is 32.9 Å². The summed E-state index contributed by atoms with van der Waals surface area (Å²) in [5.41, 5.74) is -3.42. The van der Waals surface area contributed by atoms with Gasteiger partial charge in [-0.05, 0) is 56.7 Å². The molecule has 21 nitrogen and oxygen atoms in total. The summed E-state index contributed by atoms with van der Waals surface area (Å²) in [7, 11) is -8.32. The second-order valence-corrected chi connectivity index (χ2v) is 21.4. The average molecular weight is 1040 g/mol. The fourth-order valence-corrected chi connectivity index (χ4v) is 12.9. The van der Waals surface area contributed by atoms with Crippen molar-refractivity contribution in [2.45, 2.75) is 55.1 Å². The molecule has 4 saturated heterocycles. The predicted molar refractivity (Wildman–Crippen MR) is 257 cm³/mol. The van der Waals surface area contributed by atoms with Crippen molar-refractivity contribution in [1.29, 1.82) is 0 Å². The number of nitrogens with one attached hydrogen (secondary N) is 3. The largest absolute Gasteiger partial charge is 0.504 e. The van der Waals surface area contributed by atoms with Crippen LogP contribution in [0.15, 0.2) is 69.8 Å². The number of fused-ring (bicyclic) bond motifs is 2. The number of piperazine rings is 2. The van der Waals surface area contributed by atoms with Gasteiger partial charge in [0.2, 0.25) is 20.0 Å². The van der Waals surface area contributed by atoms with Gasteiger partial charge in [-0.1, -0.05) is 30.1 Å². The lowest BCUT2D eigenvalue weighted by Gasteiger charge is -2.43. The van der Waals surface area contributed by atoms with Gasteiger partial charge < -0.3 is 44.8 Å². The molecule has 4 fully saturated rings. The molecule has 0 radical (unpaired) electrons. The van der Waals surface area contributed by atoms with Crippen molar-refractivity contribution in [3.8, 4) is 17.2 Å². The molecule has 4 aromatic carbocycles. The Hall–Kier alpha value is -5.08. The Kier molecular flexibility index (Phi) is 14.8. The first-order valence-electron chi connectivity index (χ1n) is 22.2. The van der Waals surface area contributed by atoms with E-state index in [4.69, 9.17) is 41.8 Å². The third-order valence-corrected chi connectivity index (χ3v) is 17.3. The van der Waals surface area contributed by atoms with Gasteiger partial charge in [0.05, 0.1) is 60.5 Å². The summed E-state index contributed by atoms with van der Waals surface area (Å²) in [4.78, 5) is 51.8. The van der Waals surface area contributed by atoms with E-state index in [1.54, 1.807) is 26.0 Å². The zero-order valence-corrected chi connectivity index (χ0v) is 40.9. The molecule has 0 aliphatic carbocycles. The van der Waals surface area contributed by atoms with Crippen molar-refractivity contribution in [3.63, 3.8) is 0 Å². The van der Waals surface area contributed by atoms with E-state index < -0.39 is 63.1 Å². The number of furan rings is 1. The normalized spacial score (nSPS) is 20.1. The van der Waals surface area contributed by atoms with Gasteiger partial charge >= 0.3 is 0 Å². The maximum atomic E-state index is 13.6. The first-order valence-corrected chi connectivity index (χ1v) is 25.8. The van der Waals surface area contributed by atoms with Crippen molar-refractivity contribution in [2.24, 2.45) is 0 Å². The summed E-state index contributed by atoms with van der Waals surface area (Å²) in [6.45, 7) is 11.1. The van der Waals surface area contributed by atoms with E-state index in [0.717, 1.165) is 13.1 Å². The Morgan fingerprint density at radius 3 is 1.65 bits per heavy atom. The van der Waals surface area contributed by atoms with Gasteiger partial charge in [0.15, 0.2) is 17.2 Å². The zero-order chi connectivity index (χ0) is 49.5. The van der Waals surface area contributed by atoms with Gasteiger partial charge in [0, 0.05) is 64.4 Å². The standard InChI is InChI=1S/C25H29ClN4O7S.C19H22ClN3O7S/c1-3-17(19-7-4-14(2)37-19)27-20-21(24(33)23(20)32)28-18-6-5-16(26)25(22(18)31)38(34,35)30-9-8-29-10-11-36-13-15(29)12-30;1-2-30-18-14(16(25)17(18)26)21-13-4-3-12(20)19(15(13)24)31(27,28)23-6-5-22-7-8-29-10-11(22)9-23/h4-7,15,17,27-28,31H,3,8-13H2,1-2H3;3-4,11,21,24H,2,5-10H2,1H3/t15-,17-;11-/m11/s1. The number of anilines is 5. The van der Waals surface area contributed by atoms with Crippen LogP contribution in [0.25, 0.3) is 0 Å². The molecule has 5 aromatic rings. The van der Waals surface area contributed by atoms with E-state index >= 15 is 0 Å². The Labute approximate surface area is 406 Å². The Morgan fingerprint density at radius 1 is 0.681 bits per heavy atom. The number of phenolic OH excluding ortho intramolecular Hbond substituents is 2. The number of hydrogen-bond donors (Lipinski definition) is 5. The summed E-state index contributed by atoms with van der Waals surface area (Å²) in [6.07, 6.45) is 0.569. The molecule has 9 rings (SSSR count). The van der Waals surface area contributed by atoms with Crippen LogP contribution >= 0.6 is 23.2 Å². The number of hydrogen-bond acceptors (Lipinski definition) is 19. The maximum absolute atomic E-state index is 13.6. The van der Waals surface area contributed by atoms with E-state index in [1.807, 2.05) is 6.92 Å². The molecule has 4 aliphatic rings. The van der Waals surface area contributed by atoms with E-state index in [2.05, 4.69) is 25.8 Å². The Morgan fingerprint density at radius 2 is 1.17 bits per heavy atom. The molecule has 372 valence electrons. The van der Waals surface area contributed by atoms with Gasteiger partial charge in [-0.15, -0.1) is 0 Å². The van der Waals surface area contributed by atoms with E-state index in [9.17, 15) is 46.2 Å². The van der Waals surface area contributed by atoms with Crippen molar-refractivity contribution in [2.75, 3.05) is 101 Å². The third kappa shape index (κ3) is 9.73. The molecule has 5 N–H and O–H groups in total. The molecule has 5 heterocycles. The second-order valence-electron chi connectivity index (χ2n) is 16.8. The molecule has 0 bridgehead atoms. The molecule has 1 aromatic heterocycles. The average Bonchev–Trinajstić information content (AvgIpc) is 3.78. The summed E-state index contributed by atoms with van der Waals surface area (Å²) in [5, 5.41) is 29.9. The zero-order valence-electron chi connectivity index (χ0n) is 37.8. The number of sulfonamides is 2. The van der Waals surface area contributed by atoms with Crippen molar-refractivity contribution in [1.82, 2.24) is 18.4 Å². The van der Waals surface area contributed by atoms with Crippen LogP contribution in [0.4, 0.5) is 28.4 Å². The highest BCUT2D eigenvalue weighted by Gasteiger charge is 2.40. The van der Waals surface area contributed by atoms with Crippen LogP contribution in [-0.2, 0) is 29.5 Å². The molecule has 3 atom stereocenters. The van der Waals surface area contributed by atoms with Crippen LogP contribution < -0.4 is 42.4 Å². The van der Waals surface area contributed by atoms with Gasteiger partial charge in [-0.3, -0.25) is 29.0 Å². The number of benzene rings is 2. The molecule has 0 unspecified atom stereocenters. The Balaban J connectivity index is 0.000000190. The van der Waals surface area contributed by atoms with Gasteiger partial charge in [-0.2, -0.15) is 8.61 Å². The van der Waals surface area contributed by atoms with Crippen LogP contribution in [0.1, 0.15) is 37.8 Å². The fraction of sp³-hybridized carbons (Fsp3) is 0.455. The summed E-state index contributed by atoms with van der Waals surface area (Å²) < 4.78 is 78.2. The van der Waals surface area contributed by atoms with Crippen LogP contribution in [0, 0.1) is 6.92 Å². The van der Waals surface area contributed by atoms with Crippen molar-refractivity contribution in [3.05, 3.63) is 98.9 Å². The van der Waals surface area contributed by atoms with E-state index in [-0.39, 0.29) is 95.1 Å². The molecule has 4 aliphatic heterocycles. The summed E-state index contributed by atoms with van der Waals surface area (Å²) in [5.74, 6) is -0.103. The highest BCUT2D eigenvalue weighted by molar-refractivity contribution is 7.89. The first-order chi connectivity index (χ1) is 32.9. The molecule has 25 heteroatoms. The highest BCUT2D eigenvalue weighted by atomic mass is 35.5.